The van der Waals surface area contributed by atoms with Gasteiger partial charge in [-0.05, 0) is 55.9 Å². The van der Waals surface area contributed by atoms with E-state index in [0.717, 1.165) is 41.5 Å². The minimum absolute atomic E-state index is 0.184. The zero-order valence-corrected chi connectivity index (χ0v) is 33.9. The van der Waals surface area contributed by atoms with Crippen LogP contribution in [0.1, 0.15) is 75.6 Å². The van der Waals surface area contributed by atoms with Crippen molar-refractivity contribution in [2.45, 2.75) is 128 Å². The molecule has 2 N–H and O–H groups in total. The van der Waals surface area contributed by atoms with E-state index in [0.29, 0.717) is 19.8 Å². The number of amides is 1. The molecule has 0 aromatic heterocycles. The fraction of sp³-hybridized carbons (Fsp3) is 0.438. The Bertz CT molecular complexity index is 1720. The minimum atomic E-state index is -1.03. The van der Waals surface area contributed by atoms with Gasteiger partial charge in [0, 0.05) is 0 Å². The molecule has 57 heavy (non-hydrogen) atoms. The number of carbonyl (C=O) groups excluding carboxylic acids is 1. The van der Waals surface area contributed by atoms with Crippen LogP contribution in [0.2, 0.25) is 0 Å². The molecule has 306 valence electrons. The van der Waals surface area contributed by atoms with Gasteiger partial charge in [0.2, 0.25) is 0 Å². The maximum absolute atomic E-state index is 13.3. The normalized spacial score (nSPS) is 20.9. The summed E-state index contributed by atoms with van der Waals surface area (Å²) in [6.45, 7) is 9.03. The van der Waals surface area contributed by atoms with Crippen LogP contribution < -0.4 is 5.32 Å². The van der Waals surface area contributed by atoms with Gasteiger partial charge in [0.25, 0.3) is 0 Å². The summed E-state index contributed by atoms with van der Waals surface area (Å²) in [4.78, 5) is 13.3. The average molecular weight is 780 g/mol. The van der Waals surface area contributed by atoms with E-state index < -0.39 is 54.4 Å². The molecule has 7 atom stereocenters. The SMILES string of the molecule is CCCCC=C[C@@H](O)[C@H](C[C@@H]1O[C@H](COCc2ccccc2)[C@H](OCc2ccccc2)[C@H](OCc2ccccc2)[C@H]1OCc1ccccc1)NC(=O)OC(C)(C)C. The molecule has 9 nitrogen and oxygen atoms in total. The summed E-state index contributed by atoms with van der Waals surface area (Å²) >= 11 is 0. The van der Waals surface area contributed by atoms with Crippen LogP contribution in [-0.2, 0) is 54.8 Å². The maximum Gasteiger partial charge on any atom is 0.407 e. The van der Waals surface area contributed by atoms with Crippen LogP contribution in [0.25, 0.3) is 0 Å². The van der Waals surface area contributed by atoms with Gasteiger partial charge in [-0.2, -0.15) is 0 Å². The Hall–Kier alpha value is -4.35. The molecule has 1 fully saturated rings. The molecule has 9 heteroatoms. The smallest absolute Gasteiger partial charge is 0.407 e. The van der Waals surface area contributed by atoms with Gasteiger partial charge < -0.3 is 38.8 Å². The van der Waals surface area contributed by atoms with E-state index in [4.69, 9.17) is 28.4 Å². The van der Waals surface area contributed by atoms with Crippen molar-refractivity contribution in [1.82, 2.24) is 5.32 Å². The summed E-state index contributed by atoms with van der Waals surface area (Å²) < 4.78 is 39.6. The van der Waals surface area contributed by atoms with E-state index >= 15 is 0 Å². The zero-order chi connectivity index (χ0) is 40.3. The molecule has 1 amide bonds. The van der Waals surface area contributed by atoms with Crippen LogP contribution in [0.4, 0.5) is 4.79 Å². The molecule has 0 unspecified atom stereocenters. The Morgan fingerprint density at radius 2 is 1.16 bits per heavy atom. The number of carbonyl (C=O) groups is 1. The van der Waals surface area contributed by atoms with Gasteiger partial charge in [-0.3, -0.25) is 0 Å². The van der Waals surface area contributed by atoms with E-state index in [1.807, 2.05) is 148 Å². The number of aliphatic hydroxyl groups excluding tert-OH is 1. The third kappa shape index (κ3) is 15.2. The largest absolute Gasteiger partial charge is 0.444 e. The number of hydrogen-bond acceptors (Lipinski definition) is 8. The summed E-state index contributed by atoms with van der Waals surface area (Å²) in [5.74, 6) is 0. The van der Waals surface area contributed by atoms with Gasteiger partial charge >= 0.3 is 6.09 Å². The minimum Gasteiger partial charge on any atom is -0.444 e. The number of ether oxygens (including phenoxy) is 6. The van der Waals surface area contributed by atoms with Gasteiger partial charge in [-0.25, -0.2) is 4.79 Å². The molecule has 5 rings (SSSR count). The van der Waals surface area contributed by atoms with Crippen LogP contribution in [0.5, 0.6) is 0 Å². The van der Waals surface area contributed by atoms with Crippen LogP contribution >= 0.6 is 0 Å². The van der Waals surface area contributed by atoms with Crippen molar-refractivity contribution >= 4 is 6.09 Å². The molecule has 0 radical (unpaired) electrons. The van der Waals surface area contributed by atoms with Crippen molar-refractivity contribution in [1.29, 1.82) is 0 Å². The summed E-state index contributed by atoms with van der Waals surface area (Å²) in [6, 6.07) is 39.2. The lowest BCUT2D eigenvalue weighted by molar-refractivity contribution is -0.274. The summed E-state index contributed by atoms with van der Waals surface area (Å²) in [7, 11) is 0. The number of hydrogen-bond donors (Lipinski definition) is 2. The fourth-order valence-electron chi connectivity index (χ4n) is 6.76. The second-order valence-electron chi connectivity index (χ2n) is 15.5. The number of aliphatic hydroxyl groups is 1. The molecule has 4 aromatic carbocycles. The number of alkyl carbamates (subject to hydrolysis) is 1. The molecule has 0 bridgehead atoms. The van der Waals surface area contributed by atoms with Crippen molar-refractivity contribution in [3.05, 3.63) is 156 Å². The Morgan fingerprint density at radius 3 is 1.63 bits per heavy atom. The van der Waals surface area contributed by atoms with Crippen molar-refractivity contribution in [3.8, 4) is 0 Å². The Labute approximate surface area is 339 Å². The first-order chi connectivity index (χ1) is 27.7. The summed E-state index contributed by atoms with van der Waals surface area (Å²) in [5.41, 5.74) is 3.28. The van der Waals surface area contributed by atoms with E-state index in [2.05, 4.69) is 12.2 Å². The molecule has 1 aliphatic rings. The molecular formula is C48H61NO8. The second-order valence-corrected chi connectivity index (χ2v) is 15.5. The van der Waals surface area contributed by atoms with Gasteiger partial charge in [0.05, 0.1) is 51.3 Å². The van der Waals surface area contributed by atoms with Gasteiger partial charge in [-0.1, -0.05) is 153 Å². The lowest BCUT2D eigenvalue weighted by Crippen LogP contribution is -2.62. The molecular weight excluding hydrogens is 719 g/mol. The van der Waals surface area contributed by atoms with E-state index in [1.54, 1.807) is 6.08 Å². The maximum atomic E-state index is 13.3. The highest BCUT2D eigenvalue weighted by Gasteiger charge is 2.49. The predicted molar refractivity (Wildman–Crippen MR) is 222 cm³/mol. The lowest BCUT2D eigenvalue weighted by atomic mass is 9.89. The molecule has 1 saturated heterocycles. The lowest BCUT2D eigenvalue weighted by Gasteiger charge is -2.47. The van der Waals surface area contributed by atoms with E-state index in [9.17, 15) is 9.90 Å². The zero-order valence-electron chi connectivity index (χ0n) is 33.9. The summed E-state index contributed by atoms with van der Waals surface area (Å²) in [6.07, 6.45) is 1.86. The van der Waals surface area contributed by atoms with Crippen LogP contribution in [0, 0.1) is 0 Å². The van der Waals surface area contributed by atoms with Gasteiger partial charge in [-0.15, -0.1) is 0 Å². The first-order valence-corrected chi connectivity index (χ1v) is 20.3. The van der Waals surface area contributed by atoms with E-state index in [-0.39, 0.29) is 19.6 Å². The molecule has 0 spiro atoms. The average Bonchev–Trinajstić information content (AvgIpc) is 3.21. The first-order valence-electron chi connectivity index (χ1n) is 20.3. The molecule has 0 saturated carbocycles. The molecule has 4 aromatic rings. The highest BCUT2D eigenvalue weighted by atomic mass is 16.6. The first kappa shape index (κ1) is 43.8. The van der Waals surface area contributed by atoms with Crippen molar-refractivity contribution < 1.29 is 38.3 Å². The number of benzene rings is 4. The number of nitrogens with one attached hydrogen (secondary N) is 1. The van der Waals surface area contributed by atoms with Crippen molar-refractivity contribution in [2.24, 2.45) is 0 Å². The quantitative estimate of drug-likeness (QED) is 0.0638. The van der Waals surface area contributed by atoms with E-state index in [1.165, 1.54) is 0 Å². The van der Waals surface area contributed by atoms with Crippen molar-refractivity contribution in [2.75, 3.05) is 6.61 Å². The molecule has 1 aliphatic heterocycles. The Balaban J connectivity index is 1.52. The predicted octanol–water partition coefficient (Wildman–Crippen LogP) is 9.12. The van der Waals surface area contributed by atoms with Crippen LogP contribution in [0.15, 0.2) is 133 Å². The monoisotopic (exact) mass is 779 g/mol. The topological polar surface area (TPSA) is 105 Å². The third-order valence-electron chi connectivity index (χ3n) is 9.64. The molecule has 0 aliphatic carbocycles. The number of unbranched alkanes of at least 4 members (excludes halogenated alkanes) is 2. The van der Waals surface area contributed by atoms with Crippen molar-refractivity contribution in [3.63, 3.8) is 0 Å². The summed E-state index contributed by atoms with van der Waals surface area (Å²) in [5, 5.41) is 14.6. The standard InChI is InChI=1S/C48H61NO8/c1-5-6-7-20-29-41(50)40(49-47(51)57-48(2,3)4)30-42-44(53-32-37-23-14-9-15-24-37)46(55-34-39-27-18-11-19-28-39)45(54-33-38-25-16-10-17-26-38)43(56-42)35-52-31-36-21-12-8-13-22-36/h8-29,40-46,50H,5-7,30-35H2,1-4H3,(H,49,51)/t40-,41+,42-,43+,44-,45-,46+/m0/s1. The van der Waals surface area contributed by atoms with Gasteiger partial charge in [0.1, 0.15) is 30.0 Å². The fourth-order valence-corrected chi connectivity index (χ4v) is 6.76. The second kappa shape index (κ2) is 23.2. The number of allylic oxidation sites excluding steroid dienone is 1. The molecule has 1 heterocycles. The van der Waals surface area contributed by atoms with Crippen LogP contribution in [0.3, 0.4) is 0 Å². The van der Waals surface area contributed by atoms with Crippen LogP contribution in [-0.4, -0.2) is 66.1 Å². The highest BCUT2D eigenvalue weighted by molar-refractivity contribution is 5.68. The Kier molecular flexibility index (Phi) is 17.8. The highest BCUT2D eigenvalue weighted by Crippen LogP contribution is 2.33. The Morgan fingerprint density at radius 1 is 0.702 bits per heavy atom. The number of rotatable bonds is 21. The third-order valence-corrected chi connectivity index (χ3v) is 9.64. The van der Waals surface area contributed by atoms with Gasteiger partial charge in [0.15, 0.2) is 0 Å².